The van der Waals surface area contributed by atoms with Crippen LogP contribution in [0.25, 0.3) is 0 Å². The molecule has 11 heavy (non-hydrogen) atoms. The molecule has 0 aromatic rings. The van der Waals surface area contributed by atoms with Gasteiger partial charge in [-0.1, -0.05) is 6.58 Å². The highest BCUT2D eigenvalue weighted by Gasteiger charge is 2.36. The van der Waals surface area contributed by atoms with Gasteiger partial charge in [0, 0.05) is 0 Å². The first kappa shape index (κ1) is 7.20. The Morgan fingerprint density at radius 3 is 2.36 bits per heavy atom. The van der Waals surface area contributed by atoms with E-state index < -0.39 is 0 Å². The Balaban J connectivity index is 1.97. The third kappa shape index (κ3) is 1.29. The van der Waals surface area contributed by atoms with Crippen LogP contribution in [0.3, 0.4) is 0 Å². The lowest BCUT2D eigenvalue weighted by atomic mass is 9.69. The van der Waals surface area contributed by atoms with Crippen LogP contribution in [-0.2, 0) is 4.74 Å². The summed E-state index contributed by atoms with van der Waals surface area (Å²) in [5, 5.41) is 0. The first-order valence-corrected chi connectivity index (χ1v) is 4.66. The van der Waals surface area contributed by atoms with Crippen molar-refractivity contribution < 1.29 is 4.74 Å². The molecule has 1 unspecified atom stereocenters. The zero-order chi connectivity index (χ0) is 7.68. The fraction of sp³-hybridized carbons (Fsp3) is 0.800. The number of rotatable bonds is 2. The zero-order valence-electron chi connectivity index (χ0n) is 6.96. The Bertz CT molecular complexity index is 145. The van der Waals surface area contributed by atoms with Crippen molar-refractivity contribution in [2.75, 3.05) is 0 Å². The molecule has 1 heteroatoms. The number of hydrogen-bond donors (Lipinski definition) is 0. The van der Waals surface area contributed by atoms with Crippen LogP contribution in [0.15, 0.2) is 12.8 Å². The summed E-state index contributed by atoms with van der Waals surface area (Å²) < 4.78 is 5.48. The van der Waals surface area contributed by atoms with E-state index in [1.165, 1.54) is 32.1 Å². The standard InChI is InChI=1S/C10H16O/c1-2-11-10-7-8-3-5-9(10)6-4-8/h2,8-10H,1,3-7H2. The predicted molar refractivity (Wildman–Crippen MR) is 45.1 cm³/mol. The Morgan fingerprint density at radius 1 is 1.18 bits per heavy atom. The van der Waals surface area contributed by atoms with Crippen LogP contribution in [0.1, 0.15) is 32.1 Å². The Morgan fingerprint density at radius 2 is 1.91 bits per heavy atom. The molecule has 3 fully saturated rings. The number of ether oxygens (including phenoxy) is 1. The van der Waals surface area contributed by atoms with Gasteiger partial charge in [0.05, 0.1) is 6.26 Å². The quantitative estimate of drug-likeness (QED) is 0.553. The molecule has 0 N–H and O–H groups in total. The van der Waals surface area contributed by atoms with E-state index >= 15 is 0 Å². The second kappa shape index (κ2) is 2.88. The average molecular weight is 152 g/mol. The summed E-state index contributed by atoms with van der Waals surface area (Å²) >= 11 is 0. The van der Waals surface area contributed by atoms with Crippen molar-refractivity contribution in [1.82, 2.24) is 0 Å². The van der Waals surface area contributed by atoms with E-state index in [2.05, 4.69) is 6.58 Å². The molecule has 0 heterocycles. The fourth-order valence-electron chi connectivity index (χ4n) is 2.61. The van der Waals surface area contributed by atoms with Gasteiger partial charge in [-0.2, -0.15) is 0 Å². The van der Waals surface area contributed by atoms with Crippen LogP contribution in [0.4, 0.5) is 0 Å². The lowest BCUT2D eigenvalue weighted by Gasteiger charge is -2.41. The van der Waals surface area contributed by atoms with Crippen molar-refractivity contribution in [3.8, 4) is 0 Å². The van der Waals surface area contributed by atoms with Crippen LogP contribution >= 0.6 is 0 Å². The molecule has 3 rings (SSSR count). The molecular formula is C10H16O. The topological polar surface area (TPSA) is 9.23 Å². The van der Waals surface area contributed by atoms with E-state index in [9.17, 15) is 0 Å². The molecule has 0 saturated heterocycles. The van der Waals surface area contributed by atoms with Gasteiger partial charge >= 0.3 is 0 Å². The van der Waals surface area contributed by atoms with Crippen molar-refractivity contribution in [2.24, 2.45) is 11.8 Å². The molecule has 1 atom stereocenters. The fourth-order valence-corrected chi connectivity index (χ4v) is 2.61. The van der Waals surface area contributed by atoms with Crippen LogP contribution in [0.2, 0.25) is 0 Å². The molecular weight excluding hydrogens is 136 g/mol. The minimum atomic E-state index is 0.514. The van der Waals surface area contributed by atoms with Gasteiger partial charge in [0.15, 0.2) is 0 Å². The molecule has 1 nitrogen and oxygen atoms in total. The minimum absolute atomic E-state index is 0.514. The number of fused-ring (bicyclic) bond motifs is 3. The molecule has 3 aliphatic rings. The highest BCUT2D eigenvalue weighted by atomic mass is 16.5. The Kier molecular flexibility index (Phi) is 1.89. The molecule has 0 aromatic heterocycles. The molecule has 0 aliphatic heterocycles. The van der Waals surface area contributed by atoms with Gasteiger partial charge in [-0.25, -0.2) is 0 Å². The highest BCUT2D eigenvalue weighted by Crippen LogP contribution is 2.42. The third-order valence-corrected chi connectivity index (χ3v) is 3.25. The first-order valence-electron chi connectivity index (χ1n) is 4.66. The van der Waals surface area contributed by atoms with Gasteiger partial charge in [0.1, 0.15) is 6.10 Å². The zero-order valence-corrected chi connectivity index (χ0v) is 6.96. The normalized spacial score (nSPS) is 42.0. The van der Waals surface area contributed by atoms with Crippen molar-refractivity contribution in [2.45, 2.75) is 38.2 Å². The summed E-state index contributed by atoms with van der Waals surface area (Å²) in [4.78, 5) is 0. The van der Waals surface area contributed by atoms with Gasteiger partial charge in [-0.15, -0.1) is 0 Å². The summed E-state index contributed by atoms with van der Waals surface area (Å²) in [7, 11) is 0. The van der Waals surface area contributed by atoms with Crippen molar-refractivity contribution in [3.63, 3.8) is 0 Å². The van der Waals surface area contributed by atoms with Gasteiger partial charge in [0.25, 0.3) is 0 Å². The van der Waals surface area contributed by atoms with Crippen LogP contribution < -0.4 is 0 Å². The Hall–Kier alpha value is -0.460. The SMILES string of the molecule is C=COC1CC2CCC1CC2. The molecule has 0 aromatic carbocycles. The predicted octanol–water partition coefficient (Wildman–Crippen LogP) is 2.73. The van der Waals surface area contributed by atoms with Crippen molar-refractivity contribution >= 4 is 0 Å². The van der Waals surface area contributed by atoms with Gasteiger partial charge in [-0.3, -0.25) is 0 Å². The molecule has 0 spiro atoms. The van der Waals surface area contributed by atoms with E-state index in [-0.39, 0.29) is 0 Å². The van der Waals surface area contributed by atoms with Crippen LogP contribution in [0.5, 0.6) is 0 Å². The smallest absolute Gasteiger partial charge is 0.101 e. The lowest BCUT2D eigenvalue weighted by Crippen LogP contribution is -2.35. The second-order valence-corrected chi connectivity index (χ2v) is 3.86. The largest absolute Gasteiger partial charge is 0.498 e. The minimum Gasteiger partial charge on any atom is -0.498 e. The summed E-state index contributed by atoms with van der Waals surface area (Å²) in [6.07, 6.45) is 9.09. The molecule has 3 aliphatic carbocycles. The molecule has 0 radical (unpaired) electrons. The van der Waals surface area contributed by atoms with Crippen LogP contribution in [0, 0.1) is 11.8 Å². The summed E-state index contributed by atoms with van der Waals surface area (Å²) in [5.41, 5.74) is 0. The average Bonchev–Trinajstić information content (AvgIpc) is 2.07. The van der Waals surface area contributed by atoms with Gasteiger partial charge < -0.3 is 4.74 Å². The first-order chi connectivity index (χ1) is 5.40. The van der Waals surface area contributed by atoms with E-state index in [4.69, 9.17) is 4.74 Å². The molecule has 0 amide bonds. The van der Waals surface area contributed by atoms with Crippen molar-refractivity contribution in [3.05, 3.63) is 12.8 Å². The van der Waals surface area contributed by atoms with E-state index in [0.717, 1.165) is 11.8 Å². The highest BCUT2D eigenvalue weighted by molar-refractivity contribution is 4.87. The molecule has 3 saturated carbocycles. The summed E-state index contributed by atoms with van der Waals surface area (Å²) in [5.74, 6) is 1.81. The maximum atomic E-state index is 5.48. The molecule has 62 valence electrons. The van der Waals surface area contributed by atoms with Gasteiger partial charge in [-0.05, 0) is 43.9 Å². The van der Waals surface area contributed by atoms with Crippen LogP contribution in [-0.4, -0.2) is 6.10 Å². The maximum Gasteiger partial charge on any atom is 0.101 e. The maximum absolute atomic E-state index is 5.48. The summed E-state index contributed by atoms with van der Waals surface area (Å²) in [6.45, 7) is 3.62. The lowest BCUT2D eigenvalue weighted by molar-refractivity contribution is -0.00787. The van der Waals surface area contributed by atoms with E-state index in [1.807, 2.05) is 0 Å². The second-order valence-electron chi connectivity index (χ2n) is 3.86. The molecule has 2 bridgehead atoms. The van der Waals surface area contributed by atoms with Crippen molar-refractivity contribution in [1.29, 1.82) is 0 Å². The Labute approximate surface area is 68.4 Å². The summed E-state index contributed by atoms with van der Waals surface area (Å²) in [6, 6.07) is 0. The van der Waals surface area contributed by atoms with E-state index in [0.29, 0.717) is 6.10 Å². The number of hydrogen-bond acceptors (Lipinski definition) is 1. The van der Waals surface area contributed by atoms with E-state index in [1.54, 1.807) is 6.26 Å². The van der Waals surface area contributed by atoms with Gasteiger partial charge in [0.2, 0.25) is 0 Å². The monoisotopic (exact) mass is 152 g/mol. The third-order valence-electron chi connectivity index (χ3n) is 3.25.